The number of benzene rings is 3. The minimum Gasteiger partial charge on any atom is -0.394 e. The van der Waals surface area contributed by atoms with Crippen LogP contribution in [0, 0.1) is 0 Å². The van der Waals surface area contributed by atoms with Crippen molar-refractivity contribution < 1.29 is 144 Å². The van der Waals surface area contributed by atoms with Gasteiger partial charge in [-0.05, 0) is 68.8 Å². The van der Waals surface area contributed by atoms with Crippen LogP contribution >= 0.6 is 25.3 Å². The SMILES string of the molecule is C[C@@H](O)[C@H](NC(=O)[C@H](CCCCN)NC(=O)[C@@H](Cc1c[nH]c2ccccc12)NC(=O)[C@H](Cc1ccccc1)NC(=O)[C@H](CS)NC(=O)[C@@H](Cc1ccccc1)N[C@@H]1O[C@H](CO)[C@@H](O[C@@H]2O[C@H](CO)[C@@H](O[C@H]3O[C@H](CO)[C@@H](O)[C@H](O)[C@H]3O)[C@H](O)[C@H]2O)[C@H](O)[C@H]1O)C(=O)N[C@@H](CS)C(=O)N[C@H](CO)[C@@H](C)O.[99Tc]. The molecule has 0 unspecified atom stereocenters. The van der Waals surface area contributed by atoms with E-state index in [0.29, 0.717) is 34.0 Å². The summed E-state index contributed by atoms with van der Waals surface area (Å²) in [6.45, 7) is -0.685. The van der Waals surface area contributed by atoms with Crippen molar-refractivity contribution in [3.8, 4) is 0 Å². The van der Waals surface area contributed by atoms with Gasteiger partial charge < -0.3 is 138 Å². The van der Waals surface area contributed by atoms with Crippen LogP contribution in [0.5, 0.6) is 0 Å². The molecule has 3 aromatic carbocycles. The second-order valence-corrected chi connectivity index (χ2v) is 26.5. The van der Waals surface area contributed by atoms with Crippen LogP contribution in [0.3, 0.4) is 0 Å². The molecular weight excluding hydrogens is 1510 g/mol. The van der Waals surface area contributed by atoms with Crippen LogP contribution in [0.15, 0.2) is 91.1 Å². The number of aliphatic hydroxyl groups is 13. The van der Waals surface area contributed by atoms with Gasteiger partial charge in [-0.1, -0.05) is 78.9 Å². The molecule has 1 radical (unpaired) electrons. The number of H-pyrrole nitrogens is 1. The van der Waals surface area contributed by atoms with E-state index < -0.39 is 226 Å². The Labute approximate surface area is 628 Å². The summed E-state index contributed by atoms with van der Waals surface area (Å²) < 4.78 is 28.6. The first-order chi connectivity index (χ1) is 49.7. The maximum Gasteiger partial charge on any atom is 0.245 e. The van der Waals surface area contributed by atoms with Crippen molar-refractivity contribution >= 4 is 77.5 Å². The number of unbranched alkanes of at least 4 members (excludes halogenated alkanes) is 1. The smallest absolute Gasteiger partial charge is 0.245 e. The number of ether oxygens (including phenoxy) is 5. The number of aromatic amines is 1. The predicted molar refractivity (Wildman–Crippen MR) is 373 cm³/mol. The van der Waals surface area contributed by atoms with E-state index in [0.717, 1.165) is 0 Å². The average Bonchev–Trinajstić information content (AvgIpc) is 1.16. The number of amides is 7. The van der Waals surface area contributed by atoms with E-state index in [1.165, 1.54) is 13.8 Å². The number of fused-ring (bicyclic) bond motifs is 1. The fourth-order valence-electron chi connectivity index (χ4n) is 12.0. The van der Waals surface area contributed by atoms with Gasteiger partial charge in [0.25, 0.3) is 0 Å². The molecule has 1 aromatic heterocycles. The number of rotatable bonds is 38. The summed E-state index contributed by atoms with van der Waals surface area (Å²) in [7, 11) is 0. The third kappa shape index (κ3) is 23.8. The van der Waals surface area contributed by atoms with Crippen molar-refractivity contribution in [2.24, 2.45) is 5.73 Å². The minimum atomic E-state index is -2.11. The molecule has 24 N–H and O–H groups in total. The fraction of sp³-hybridized carbons (Fsp3) is 0.597. The Bertz CT molecular complexity index is 3380. The van der Waals surface area contributed by atoms with Crippen LogP contribution in [-0.4, -0.2) is 310 Å². The van der Waals surface area contributed by atoms with Gasteiger partial charge in [-0.3, -0.25) is 38.9 Å². The van der Waals surface area contributed by atoms with Crippen molar-refractivity contribution in [2.75, 3.05) is 44.5 Å². The molecule has 3 aliphatic rings. The number of carbonyl (C=O) groups is 7. The van der Waals surface area contributed by atoms with Gasteiger partial charge in [-0.25, -0.2) is 0 Å². The summed E-state index contributed by atoms with van der Waals surface area (Å²) in [6, 6.07) is 12.1. The van der Waals surface area contributed by atoms with Crippen LogP contribution in [0.1, 0.15) is 49.8 Å². The molecule has 4 aromatic rings. The Balaban J connectivity index is 0.0000173. The number of carbonyl (C=O) groups excluding carboxylic acids is 7. The normalized spacial score (nSPS) is 27.5. The third-order valence-corrected chi connectivity index (χ3v) is 18.8. The largest absolute Gasteiger partial charge is 0.394 e. The van der Waals surface area contributed by atoms with E-state index in [4.69, 9.17) is 29.4 Å². The molecule has 0 spiro atoms. The molecule has 35 nitrogen and oxygen atoms in total. The van der Waals surface area contributed by atoms with Gasteiger partial charge >= 0.3 is 0 Å². The number of para-hydroxylation sites is 1. The molecule has 0 saturated carbocycles. The zero-order valence-electron chi connectivity index (χ0n) is 57.3. The number of nitrogens with two attached hydrogens (primary N) is 1. The monoisotopic (exact) mass is 1610 g/mol. The van der Waals surface area contributed by atoms with Gasteiger partial charge in [0.1, 0.15) is 116 Å². The number of hydrogen-bond acceptors (Lipinski definition) is 29. The third-order valence-electron chi connectivity index (χ3n) is 18.1. The Morgan fingerprint density at radius 3 is 1.48 bits per heavy atom. The van der Waals surface area contributed by atoms with Gasteiger partial charge in [0.05, 0.1) is 50.7 Å². The molecule has 3 fully saturated rings. The maximum atomic E-state index is 15.1. The topological polar surface area (TPSA) is 567 Å². The number of aromatic nitrogens is 1. The van der Waals surface area contributed by atoms with Crippen LogP contribution < -0.4 is 48.3 Å². The Morgan fingerprint density at radius 2 is 0.943 bits per heavy atom. The molecule has 0 aliphatic carbocycles. The Morgan fingerprint density at radius 1 is 0.495 bits per heavy atom. The molecule has 38 heteroatoms. The standard InChI is InChI=1S/C67H98N10O25S2.Tc/c1-31(82)42(25-78)73-63(96)44(30-104)75-64(97)48(32(2)83)77-58(91)38(19-11-12-20-68)70-61(94)41(23-35-24-69-37-18-10-9-17-36(35)37)72-59(92)39(21-33-13-5-3-6-14-33)71-62(95)43(29-103)74-60(93)40(22-34-15-7-4-8-16-34)76-65-53(88)51(86)56(46(27-80)98-65)101-67-55(90)52(87)57(47(28-81)100-67)102-66-54(89)50(85)49(84)45(26-79)99-66;/h3-10,13-18,24,31-32,38-57,65-67,69,76,78-90,103-104H,11-12,19-23,25-30,68H2,1-2H3,(H,70,94)(H,71,95)(H,72,92)(H,73,96)(H,74,93)(H,75,97)(H,77,91);/t31-,32-,38+,39+,40-,41-,42-,43+,44+,45-,46-,47-,48+,49-,50+,51-,52-,53-,54-,55-,56-,57-,65-,66-,67+;/m1./s1/i;1+1. The van der Waals surface area contributed by atoms with Crippen LogP contribution in [0.2, 0.25) is 0 Å². The summed E-state index contributed by atoms with van der Waals surface area (Å²) in [4.78, 5) is 104. The van der Waals surface area contributed by atoms with Gasteiger partial charge in [-0.15, -0.1) is 0 Å². The van der Waals surface area contributed by atoms with Crippen molar-refractivity contribution in [2.45, 2.75) is 205 Å². The molecule has 105 heavy (non-hydrogen) atoms. The zero-order valence-corrected chi connectivity index (χ0v) is 61.0. The Kier molecular flexibility index (Phi) is 35.8. The van der Waals surface area contributed by atoms with Crippen molar-refractivity contribution in [3.05, 3.63) is 108 Å². The average molecular weight is 1610 g/mol. The minimum absolute atomic E-state index is 0. The first kappa shape index (κ1) is 87.9. The zero-order chi connectivity index (χ0) is 76.1. The second kappa shape index (κ2) is 42.7. The number of hydrogen-bond donors (Lipinski definition) is 25. The first-order valence-corrected chi connectivity index (χ1v) is 35.2. The van der Waals surface area contributed by atoms with E-state index in [-0.39, 0.29) is 64.5 Å². The summed E-state index contributed by atoms with van der Waals surface area (Å²) >= 11 is 8.58. The van der Waals surface area contributed by atoms with Crippen LogP contribution in [-0.2, 0) is 96.6 Å². The van der Waals surface area contributed by atoms with Crippen molar-refractivity contribution in [3.63, 3.8) is 0 Å². The van der Waals surface area contributed by atoms with Crippen molar-refractivity contribution in [1.29, 1.82) is 0 Å². The molecule has 25 atom stereocenters. The first-order valence-electron chi connectivity index (χ1n) is 34.0. The van der Waals surface area contributed by atoms with E-state index in [1.54, 1.807) is 91.1 Å². The Hall–Kier alpha value is -5.96. The van der Waals surface area contributed by atoms with Crippen LogP contribution in [0.25, 0.3) is 10.9 Å². The number of aliphatic hydroxyl groups excluding tert-OH is 13. The van der Waals surface area contributed by atoms with E-state index >= 15 is 4.79 Å². The summed E-state index contributed by atoms with van der Waals surface area (Å²) in [5.74, 6) is -7.26. The van der Waals surface area contributed by atoms with Gasteiger partial charge in [0.2, 0.25) is 41.4 Å². The maximum absolute atomic E-state index is 15.1. The molecule has 585 valence electrons. The van der Waals surface area contributed by atoms with Crippen molar-refractivity contribution in [1.82, 2.24) is 47.5 Å². The van der Waals surface area contributed by atoms with Gasteiger partial charge in [-0.2, -0.15) is 25.3 Å². The van der Waals surface area contributed by atoms with E-state index in [1.807, 2.05) is 0 Å². The van der Waals surface area contributed by atoms with Crippen LogP contribution in [0.4, 0.5) is 0 Å². The summed E-state index contributed by atoms with van der Waals surface area (Å²) in [6.07, 6.45) is -28.9. The molecule has 7 rings (SSSR count). The predicted octanol–water partition coefficient (Wildman–Crippen LogP) is -8.26. The number of thiol groups is 2. The molecule has 0 bridgehead atoms. The summed E-state index contributed by atoms with van der Waals surface area (Å²) in [5, 5.41) is 160. The number of nitrogens with one attached hydrogen (secondary N) is 9. The van der Waals surface area contributed by atoms with Gasteiger partial charge in [0, 0.05) is 61.6 Å². The second-order valence-electron chi connectivity index (χ2n) is 25.7. The molecule has 4 heterocycles. The molecule has 3 aliphatic heterocycles. The van der Waals surface area contributed by atoms with E-state index in [9.17, 15) is 95.2 Å². The molecule has 3 saturated heterocycles. The molecular formula is C67H98N10O25S2Tc. The molecule has 7 amide bonds. The fourth-order valence-corrected chi connectivity index (χ4v) is 12.6. The summed E-state index contributed by atoms with van der Waals surface area (Å²) in [5.41, 5.74) is 8.09. The van der Waals surface area contributed by atoms with E-state index in [2.05, 4.69) is 72.8 Å². The van der Waals surface area contributed by atoms with Gasteiger partial charge in [0.15, 0.2) is 12.6 Å². The quantitative estimate of drug-likeness (QED) is 0.0146.